The molecule has 0 heterocycles. The number of benzene rings is 2. The van der Waals surface area contributed by atoms with E-state index >= 15 is 0 Å². The molecule has 2 aromatic carbocycles. The molecule has 0 bridgehead atoms. The number of carbonyl (C=O) groups excluding carboxylic acids is 1. The summed E-state index contributed by atoms with van der Waals surface area (Å²) in [6.07, 6.45) is 0. The predicted octanol–water partition coefficient (Wildman–Crippen LogP) is 4.58. The second-order valence-electron chi connectivity index (χ2n) is 3.91. The summed E-state index contributed by atoms with van der Waals surface area (Å²) in [5.74, 6) is -0.464. The number of anilines is 1. The maximum atomic E-state index is 13.1. The molecule has 0 spiro atoms. The van der Waals surface area contributed by atoms with Crippen LogP contribution in [0.1, 0.15) is 15.9 Å². The van der Waals surface area contributed by atoms with E-state index in [9.17, 15) is 9.18 Å². The Hall–Kier alpha value is -1.39. The van der Waals surface area contributed by atoms with Crippen molar-refractivity contribution in [2.24, 2.45) is 0 Å². The molecule has 5 heteroatoms. The third kappa shape index (κ3) is 3.55. The zero-order valence-electron chi connectivity index (χ0n) is 9.79. The predicted molar refractivity (Wildman–Crippen MR) is 78.1 cm³/mol. The number of amides is 1. The summed E-state index contributed by atoms with van der Waals surface area (Å²) in [5, 5.41) is 2.71. The maximum absolute atomic E-state index is 13.1. The van der Waals surface area contributed by atoms with Gasteiger partial charge in [0.25, 0.3) is 5.91 Å². The quantitative estimate of drug-likeness (QED) is 0.813. The lowest BCUT2D eigenvalue weighted by Crippen LogP contribution is -2.13. The van der Waals surface area contributed by atoms with Crippen molar-refractivity contribution in [3.63, 3.8) is 0 Å². The normalized spacial score (nSPS) is 10.3. The van der Waals surface area contributed by atoms with E-state index in [0.717, 1.165) is 5.56 Å². The highest BCUT2D eigenvalue weighted by molar-refractivity contribution is 9.10. The van der Waals surface area contributed by atoms with Gasteiger partial charge in [-0.1, -0.05) is 12.1 Å². The number of nitrogens with one attached hydrogen (secondary N) is 1. The van der Waals surface area contributed by atoms with E-state index in [2.05, 4.69) is 21.2 Å². The first-order chi connectivity index (χ1) is 9.10. The van der Waals surface area contributed by atoms with Gasteiger partial charge in [-0.25, -0.2) is 4.39 Å². The first-order valence-corrected chi connectivity index (χ1v) is 6.84. The fourth-order valence-corrected chi connectivity index (χ4v) is 2.20. The van der Waals surface area contributed by atoms with Crippen LogP contribution in [-0.4, -0.2) is 5.91 Å². The van der Waals surface area contributed by atoms with Crippen molar-refractivity contribution in [2.75, 3.05) is 5.32 Å². The number of carbonyl (C=O) groups is 1. The molecule has 0 radical (unpaired) electrons. The van der Waals surface area contributed by atoms with E-state index in [1.165, 1.54) is 18.2 Å². The van der Waals surface area contributed by atoms with Crippen LogP contribution >= 0.6 is 27.5 Å². The van der Waals surface area contributed by atoms with Gasteiger partial charge in [0.2, 0.25) is 0 Å². The SMILES string of the molecule is O=C(Nc1cccc(CCl)c1)c1cc(F)ccc1Br. The average Bonchev–Trinajstić information content (AvgIpc) is 2.41. The average molecular weight is 343 g/mol. The molecule has 98 valence electrons. The molecule has 1 amide bonds. The molecular weight excluding hydrogens is 333 g/mol. The summed E-state index contributed by atoms with van der Waals surface area (Å²) in [4.78, 5) is 12.0. The smallest absolute Gasteiger partial charge is 0.256 e. The minimum absolute atomic E-state index is 0.247. The molecule has 2 nitrogen and oxygen atoms in total. The van der Waals surface area contributed by atoms with Gasteiger partial charge in [-0.05, 0) is 51.8 Å². The van der Waals surface area contributed by atoms with Crippen molar-refractivity contribution in [3.05, 3.63) is 63.9 Å². The minimum Gasteiger partial charge on any atom is -0.322 e. The molecule has 0 saturated carbocycles. The van der Waals surface area contributed by atoms with Crippen molar-refractivity contribution in [1.29, 1.82) is 0 Å². The van der Waals surface area contributed by atoms with Gasteiger partial charge in [0, 0.05) is 16.0 Å². The van der Waals surface area contributed by atoms with Crippen molar-refractivity contribution in [2.45, 2.75) is 5.88 Å². The van der Waals surface area contributed by atoms with Gasteiger partial charge in [0.1, 0.15) is 5.82 Å². The van der Waals surface area contributed by atoms with Crippen LogP contribution in [0.25, 0.3) is 0 Å². The molecule has 0 aliphatic heterocycles. The largest absolute Gasteiger partial charge is 0.322 e. The van der Waals surface area contributed by atoms with Crippen molar-refractivity contribution in [1.82, 2.24) is 0 Å². The van der Waals surface area contributed by atoms with Gasteiger partial charge >= 0.3 is 0 Å². The first-order valence-electron chi connectivity index (χ1n) is 5.51. The molecule has 2 rings (SSSR count). The molecule has 2 aromatic rings. The molecule has 19 heavy (non-hydrogen) atoms. The molecular formula is C14H10BrClFNO. The number of hydrogen-bond acceptors (Lipinski definition) is 1. The van der Waals surface area contributed by atoms with Gasteiger partial charge in [-0.3, -0.25) is 4.79 Å². The Labute approximate surface area is 123 Å². The minimum atomic E-state index is -0.456. The second kappa shape index (κ2) is 6.17. The van der Waals surface area contributed by atoms with Crippen LogP contribution in [0.15, 0.2) is 46.9 Å². The Kier molecular flexibility index (Phi) is 4.56. The summed E-state index contributed by atoms with van der Waals surface area (Å²) in [5.41, 5.74) is 1.77. The topological polar surface area (TPSA) is 29.1 Å². The monoisotopic (exact) mass is 341 g/mol. The Bertz CT molecular complexity index is 618. The van der Waals surface area contributed by atoms with Crippen LogP contribution in [0, 0.1) is 5.82 Å². The van der Waals surface area contributed by atoms with Crippen LogP contribution < -0.4 is 5.32 Å². The summed E-state index contributed by atoms with van der Waals surface area (Å²) >= 11 is 8.95. The molecule has 0 unspecified atom stereocenters. The van der Waals surface area contributed by atoms with E-state index in [0.29, 0.717) is 16.0 Å². The lowest BCUT2D eigenvalue weighted by Gasteiger charge is -2.08. The fraction of sp³-hybridized carbons (Fsp3) is 0.0714. The van der Waals surface area contributed by atoms with Crippen LogP contribution in [0.3, 0.4) is 0 Å². The van der Waals surface area contributed by atoms with E-state index in [4.69, 9.17) is 11.6 Å². The molecule has 0 aliphatic carbocycles. The summed E-state index contributed by atoms with van der Waals surface area (Å²) in [6, 6.07) is 11.2. The lowest BCUT2D eigenvalue weighted by atomic mass is 10.2. The van der Waals surface area contributed by atoms with Crippen LogP contribution in [0.5, 0.6) is 0 Å². The van der Waals surface area contributed by atoms with Crippen LogP contribution in [0.4, 0.5) is 10.1 Å². The maximum Gasteiger partial charge on any atom is 0.256 e. The third-order valence-corrected chi connectivity index (χ3v) is 3.51. The van der Waals surface area contributed by atoms with Crippen LogP contribution in [0.2, 0.25) is 0 Å². The highest BCUT2D eigenvalue weighted by Gasteiger charge is 2.11. The fourth-order valence-electron chi connectivity index (χ4n) is 1.60. The lowest BCUT2D eigenvalue weighted by molar-refractivity contribution is 0.102. The number of rotatable bonds is 3. The van der Waals surface area contributed by atoms with Crippen molar-refractivity contribution >= 4 is 39.1 Å². The molecule has 0 atom stereocenters. The molecule has 0 saturated heterocycles. The molecule has 1 N–H and O–H groups in total. The van der Waals surface area contributed by atoms with Gasteiger partial charge in [-0.15, -0.1) is 11.6 Å². The van der Waals surface area contributed by atoms with E-state index in [1.54, 1.807) is 18.2 Å². The number of halogens is 3. The first kappa shape index (κ1) is 14.0. The number of alkyl halides is 1. The van der Waals surface area contributed by atoms with E-state index in [1.807, 2.05) is 6.07 Å². The van der Waals surface area contributed by atoms with Gasteiger partial charge in [0.15, 0.2) is 0 Å². The zero-order chi connectivity index (χ0) is 13.8. The Morgan fingerprint density at radius 1 is 1.26 bits per heavy atom. The van der Waals surface area contributed by atoms with Crippen LogP contribution in [-0.2, 0) is 5.88 Å². The van der Waals surface area contributed by atoms with Crippen molar-refractivity contribution in [3.8, 4) is 0 Å². The summed E-state index contributed by atoms with van der Waals surface area (Å²) < 4.78 is 13.7. The van der Waals surface area contributed by atoms with E-state index < -0.39 is 5.82 Å². The Morgan fingerprint density at radius 3 is 2.79 bits per heavy atom. The highest BCUT2D eigenvalue weighted by atomic mass is 79.9. The van der Waals surface area contributed by atoms with Crippen molar-refractivity contribution < 1.29 is 9.18 Å². The zero-order valence-corrected chi connectivity index (χ0v) is 12.1. The Balaban J connectivity index is 2.23. The molecule has 0 fully saturated rings. The van der Waals surface area contributed by atoms with Gasteiger partial charge in [-0.2, -0.15) is 0 Å². The van der Waals surface area contributed by atoms with Gasteiger partial charge in [0.05, 0.1) is 5.56 Å². The third-order valence-electron chi connectivity index (χ3n) is 2.51. The molecule has 0 aliphatic rings. The Morgan fingerprint density at radius 2 is 2.05 bits per heavy atom. The number of hydrogen-bond donors (Lipinski definition) is 1. The van der Waals surface area contributed by atoms with E-state index in [-0.39, 0.29) is 11.5 Å². The van der Waals surface area contributed by atoms with Gasteiger partial charge < -0.3 is 5.32 Å². The summed E-state index contributed by atoms with van der Waals surface area (Å²) in [6.45, 7) is 0. The second-order valence-corrected chi connectivity index (χ2v) is 5.03. The summed E-state index contributed by atoms with van der Waals surface area (Å²) in [7, 11) is 0. The highest BCUT2D eigenvalue weighted by Crippen LogP contribution is 2.20. The standard InChI is InChI=1S/C14H10BrClFNO/c15-13-5-4-10(17)7-12(13)14(19)18-11-3-1-2-9(6-11)8-16/h1-7H,8H2,(H,18,19). The molecule has 0 aromatic heterocycles.